The normalized spacial score (nSPS) is 19.1. The Morgan fingerprint density at radius 2 is 2.04 bits per heavy atom. The highest BCUT2D eigenvalue weighted by molar-refractivity contribution is 7.92. The number of rotatable bonds is 9. The van der Waals surface area contributed by atoms with E-state index in [0.717, 1.165) is 23.8 Å². The monoisotopic (exact) mass is 397 g/mol. The van der Waals surface area contributed by atoms with Gasteiger partial charge in [0.05, 0.1) is 12.3 Å². The van der Waals surface area contributed by atoms with E-state index < -0.39 is 26.7 Å². The highest BCUT2D eigenvalue weighted by atomic mass is 32.2. The van der Waals surface area contributed by atoms with Gasteiger partial charge in [0.25, 0.3) is 0 Å². The van der Waals surface area contributed by atoms with Crippen molar-refractivity contribution in [2.24, 2.45) is 5.16 Å². The maximum absolute atomic E-state index is 12.3. The Labute approximate surface area is 160 Å². The van der Waals surface area contributed by atoms with Gasteiger partial charge in [0.1, 0.15) is 6.10 Å². The largest absolute Gasteiger partial charge is 0.465 e. The van der Waals surface area contributed by atoms with Crippen LogP contribution in [0.2, 0.25) is 0 Å². The summed E-state index contributed by atoms with van der Waals surface area (Å²) in [5.74, 6) is -0.766. The van der Waals surface area contributed by atoms with Gasteiger partial charge < -0.3 is 14.7 Å². The third kappa shape index (κ3) is 5.07. The number of hydrogen-bond acceptors (Lipinski definition) is 7. The van der Waals surface area contributed by atoms with Gasteiger partial charge in [0, 0.05) is 25.7 Å². The van der Waals surface area contributed by atoms with Crippen LogP contribution in [0.4, 0.5) is 0 Å². The molecule has 1 N–H and O–H groups in total. The van der Waals surface area contributed by atoms with Crippen molar-refractivity contribution >= 4 is 21.5 Å². The highest BCUT2D eigenvalue weighted by Crippen LogP contribution is 2.30. The number of carbonyl (C=O) groups excluding carboxylic acids is 1. The van der Waals surface area contributed by atoms with Crippen LogP contribution in [-0.2, 0) is 30.6 Å². The predicted molar refractivity (Wildman–Crippen MR) is 102 cm³/mol. The molecule has 1 aliphatic heterocycles. The van der Waals surface area contributed by atoms with Gasteiger partial charge in [-0.2, -0.15) is 0 Å². The molecule has 150 valence electrons. The molecule has 0 aromatic heterocycles. The summed E-state index contributed by atoms with van der Waals surface area (Å²) in [5, 5.41) is 13.0. The number of aliphatic hydroxyl groups excluding tert-OH is 1. The summed E-state index contributed by atoms with van der Waals surface area (Å²) in [6.45, 7) is 3.28. The van der Waals surface area contributed by atoms with E-state index in [0.29, 0.717) is 18.6 Å². The fraction of sp³-hybridized carbons (Fsp3) is 0.579. The molecule has 2 rings (SSSR count). The van der Waals surface area contributed by atoms with Crippen molar-refractivity contribution in [1.82, 2.24) is 0 Å². The Morgan fingerprint density at radius 3 is 2.59 bits per heavy atom. The highest BCUT2D eigenvalue weighted by Gasteiger charge is 2.48. The lowest BCUT2D eigenvalue weighted by atomic mass is 9.96. The van der Waals surface area contributed by atoms with Gasteiger partial charge in [-0.15, -0.1) is 0 Å². The molecular formula is C19H27NO6S. The number of aliphatic hydroxyl groups is 1. The zero-order valence-corrected chi connectivity index (χ0v) is 16.8. The molecule has 1 aliphatic rings. The second-order valence-corrected chi connectivity index (χ2v) is 9.37. The SMILES string of the molecule is CCOC(=O)C(C)(CC1CC(c2ccc(CCCO)cc2)=NO1)S(C)(=O)=O. The molecule has 7 nitrogen and oxygen atoms in total. The molecule has 27 heavy (non-hydrogen) atoms. The Balaban J connectivity index is 2.06. The summed E-state index contributed by atoms with van der Waals surface area (Å²) in [7, 11) is -3.70. The Hall–Kier alpha value is -1.93. The molecule has 0 aliphatic carbocycles. The molecular weight excluding hydrogens is 370 g/mol. The minimum Gasteiger partial charge on any atom is -0.465 e. The summed E-state index contributed by atoms with van der Waals surface area (Å²) >= 11 is 0. The van der Waals surface area contributed by atoms with Crippen LogP contribution < -0.4 is 0 Å². The first kappa shape index (κ1) is 21.4. The standard InChI is InChI=1S/C19H27NO6S/c1-4-25-18(22)19(2,27(3,23)24)13-16-12-17(20-26-16)15-9-7-14(8-10-15)6-5-11-21/h7-10,16,21H,4-6,11-13H2,1-3H3. The van der Waals surface area contributed by atoms with Gasteiger partial charge in [-0.3, -0.25) is 4.79 Å². The summed E-state index contributed by atoms with van der Waals surface area (Å²) in [6.07, 6.45) is 2.43. The van der Waals surface area contributed by atoms with Crippen LogP contribution in [0.1, 0.15) is 44.2 Å². The lowest BCUT2D eigenvalue weighted by Crippen LogP contribution is -2.47. The minimum atomic E-state index is -3.70. The fourth-order valence-corrected chi connectivity index (χ4v) is 3.81. The molecule has 8 heteroatoms. The first-order valence-corrected chi connectivity index (χ1v) is 10.9. The van der Waals surface area contributed by atoms with Crippen molar-refractivity contribution in [1.29, 1.82) is 0 Å². The number of oxime groups is 1. The Bertz CT molecular complexity index is 787. The number of hydrogen-bond donors (Lipinski definition) is 1. The van der Waals surface area contributed by atoms with Gasteiger partial charge in [0.15, 0.2) is 14.6 Å². The smallest absolute Gasteiger partial charge is 0.327 e. The molecule has 0 fully saturated rings. The van der Waals surface area contributed by atoms with Crippen LogP contribution in [0.5, 0.6) is 0 Å². The third-order valence-corrected chi connectivity index (χ3v) is 6.76. The van der Waals surface area contributed by atoms with Crippen LogP contribution in [0.15, 0.2) is 29.4 Å². The number of nitrogens with zero attached hydrogens (tertiary/aromatic N) is 1. The lowest BCUT2D eigenvalue weighted by Gasteiger charge is -2.27. The summed E-state index contributed by atoms with van der Waals surface area (Å²) in [5.41, 5.74) is 2.73. The fourth-order valence-electron chi connectivity index (χ4n) is 2.96. The number of ether oxygens (including phenoxy) is 1. The van der Waals surface area contributed by atoms with Gasteiger partial charge in [-0.1, -0.05) is 29.4 Å². The lowest BCUT2D eigenvalue weighted by molar-refractivity contribution is -0.146. The molecule has 1 heterocycles. The number of aryl methyl sites for hydroxylation is 1. The summed E-state index contributed by atoms with van der Waals surface area (Å²) in [4.78, 5) is 17.7. The average molecular weight is 397 g/mol. The van der Waals surface area contributed by atoms with Crippen LogP contribution in [0.25, 0.3) is 0 Å². The minimum absolute atomic E-state index is 0.0216. The first-order valence-electron chi connectivity index (χ1n) is 9.01. The average Bonchev–Trinajstić information content (AvgIpc) is 3.08. The van der Waals surface area contributed by atoms with Gasteiger partial charge in [0.2, 0.25) is 0 Å². The molecule has 0 amide bonds. The maximum atomic E-state index is 12.3. The van der Waals surface area contributed by atoms with Crippen molar-refractivity contribution in [3.63, 3.8) is 0 Å². The summed E-state index contributed by atoms with van der Waals surface area (Å²) in [6, 6.07) is 7.80. The van der Waals surface area contributed by atoms with E-state index in [1.807, 2.05) is 24.3 Å². The molecule has 0 bridgehead atoms. The van der Waals surface area contributed by atoms with E-state index in [1.54, 1.807) is 6.92 Å². The Morgan fingerprint density at radius 1 is 1.37 bits per heavy atom. The molecule has 2 unspecified atom stereocenters. The number of carbonyl (C=O) groups is 1. The van der Waals surface area contributed by atoms with E-state index >= 15 is 0 Å². The molecule has 2 atom stereocenters. The van der Waals surface area contributed by atoms with Gasteiger partial charge in [-0.05, 0) is 37.8 Å². The molecule has 1 aromatic carbocycles. The van der Waals surface area contributed by atoms with Crippen LogP contribution in [0.3, 0.4) is 0 Å². The molecule has 0 saturated carbocycles. The molecule has 0 radical (unpaired) electrons. The molecule has 0 spiro atoms. The van der Waals surface area contributed by atoms with Crippen LogP contribution >= 0.6 is 0 Å². The Kier molecular flexibility index (Phi) is 7.00. The van der Waals surface area contributed by atoms with E-state index in [1.165, 1.54) is 6.92 Å². The topological polar surface area (TPSA) is 102 Å². The van der Waals surface area contributed by atoms with E-state index in [9.17, 15) is 13.2 Å². The third-order valence-electron chi connectivity index (χ3n) is 4.79. The second-order valence-electron chi connectivity index (χ2n) is 6.92. The van der Waals surface area contributed by atoms with E-state index in [4.69, 9.17) is 14.7 Å². The second kappa shape index (κ2) is 8.84. The quantitative estimate of drug-likeness (QED) is 0.638. The van der Waals surface area contributed by atoms with Crippen molar-refractivity contribution in [2.45, 2.75) is 50.4 Å². The van der Waals surface area contributed by atoms with Gasteiger partial charge in [-0.25, -0.2) is 8.42 Å². The molecule has 1 aromatic rings. The van der Waals surface area contributed by atoms with Crippen molar-refractivity contribution in [3.8, 4) is 0 Å². The number of esters is 1. The van der Waals surface area contributed by atoms with Crippen LogP contribution in [0, 0.1) is 0 Å². The zero-order chi connectivity index (χ0) is 20.1. The van der Waals surface area contributed by atoms with Gasteiger partial charge >= 0.3 is 5.97 Å². The van der Waals surface area contributed by atoms with Crippen molar-refractivity contribution in [2.75, 3.05) is 19.5 Å². The summed E-state index contributed by atoms with van der Waals surface area (Å²) < 4.78 is 27.7. The zero-order valence-electron chi connectivity index (χ0n) is 16.0. The number of sulfone groups is 1. The van der Waals surface area contributed by atoms with E-state index in [-0.39, 0.29) is 19.6 Å². The molecule has 0 saturated heterocycles. The predicted octanol–water partition coefficient (Wildman–Crippen LogP) is 1.86. The van der Waals surface area contributed by atoms with E-state index in [2.05, 4.69) is 5.16 Å². The van der Waals surface area contributed by atoms with Crippen molar-refractivity contribution < 1.29 is 27.9 Å². The van der Waals surface area contributed by atoms with Crippen LogP contribution in [-0.4, -0.2) is 55.5 Å². The van der Waals surface area contributed by atoms with Crippen molar-refractivity contribution in [3.05, 3.63) is 35.4 Å². The first-order chi connectivity index (χ1) is 12.7. The number of benzene rings is 1. The maximum Gasteiger partial charge on any atom is 0.327 e.